The molecule has 0 bridgehead atoms. The van der Waals surface area contributed by atoms with Crippen LogP contribution in [0.1, 0.15) is 24.2 Å². The van der Waals surface area contributed by atoms with Gasteiger partial charge < -0.3 is 15.2 Å². The van der Waals surface area contributed by atoms with Gasteiger partial charge in [0.05, 0.1) is 13.7 Å². The molecule has 2 aromatic carbocycles. The van der Waals surface area contributed by atoms with Crippen LogP contribution in [0.5, 0.6) is 5.75 Å². The molecule has 0 amide bonds. The smallest absolute Gasteiger partial charge is 0.124 e. The highest BCUT2D eigenvalue weighted by Crippen LogP contribution is 2.30. The summed E-state index contributed by atoms with van der Waals surface area (Å²) in [5.74, 6) is 0.783. The van der Waals surface area contributed by atoms with Crippen LogP contribution in [0.25, 0.3) is 0 Å². The molecule has 2 aromatic rings. The maximum atomic E-state index is 6.08. The Hall–Kier alpha value is -1.55. The van der Waals surface area contributed by atoms with E-state index in [4.69, 9.17) is 26.8 Å². The minimum Gasteiger partial charge on any atom is -0.496 e. The molecule has 0 heterocycles. The molecule has 2 rings (SSSR count). The van der Waals surface area contributed by atoms with Crippen LogP contribution in [-0.4, -0.2) is 13.2 Å². The first-order valence-corrected chi connectivity index (χ1v) is 7.24. The Morgan fingerprint density at radius 1 is 1.14 bits per heavy atom. The number of hydrogen-bond donors (Lipinski definition) is 1. The molecule has 112 valence electrons. The van der Waals surface area contributed by atoms with E-state index in [1.807, 2.05) is 55.5 Å². The van der Waals surface area contributed by atoms with Crippen molar-refractivity contribution in [2.45, 2.75) is 25.7 Å². The zero-order chi connectivity index (χ0) is 15.2. The Morgan fingerprint density at radius 3 is 2.57 bits per heavy atom. The van der Waals surface area contributed by atoms with E-state index in [9.17, 15) is 0 Å². The van der Waals surface area contributed by atoms with Gasteiger partial charge in [0, 0.05) is 16.6 Å². The van der Waals surface area contributed by atoms with Gasteiger partial charge in [0.1, 0.15) is 11.9 Å². The van der Waals surface area contributed by atoms with Gasteiger partial charge >= 0.3 is 0 Å². The normalized spacial score (nSPS) is 13.7. The third-order valence-corrected chi connectivity index (χ3v) is 3.48. The second-order valence-corrected chi connectivity index (χ2v) is 5.40. The lowest BCUT2D eigenvalue weighted by molar-refractivity contribution is 0.0244. The molecular weight excluding hydrogens is 286 g/mol. The van der Waals surface area contributed by atoms with E-state index in [2.05, 4.69) is 0 Å². The average Bonchev–Trinajstić information content (AvgIpc) is 2.47. The molecule has 2 unspecified atom stereocenters. The molecule has 2 N–H and O–H groups in total. The Kier molecular flexibility index (Phi) is 5.62. The van der Waals surface area contributed by atoms with Crippen molar-refractivity contribution in [2.75, 3.05) is 7.11 Å². The van der Waals surface area contributed by atoms with Crippen LogP contribution in [0.2, 0.25) is 5.02 Å². The van der Waals surface area contributed by atoms with E-state index in [1.165, 1.54) is 0 Å². The lowest BCUT2D eigenvalue weighted by atomic mass is 10.0. The highest BCUT2D eigenvalue weighted by Gasteiger charge is 2.20. The maximum absolute atomic E-state index is 6.08. The molecule has 3 nitrogen and oxygen atoms in total. The van der Waals surface area contributed by atoms with E-state index in [1.54, 1.807) is 7.11 Å². The Labute approximate surface area is 130 Å². The van der Waals surface area contributed by atoms with E-state index < -0.39 is 0 Å². The average molecular weight is 306 g/mol. The summed E-state index contributed by atoms with van der Waals surface area (Å²) in [5.41, 5.74) is 8.05. The number of hydrogen-bond acceptors (Lipinski definition) is 3. The molecule has 2 atom stereocenters. The number of halogens is 1. The Balaban J connectivity index is 2.16. The summed E-state index contributed by atoms with van der Waals surface area (Å²) in [6.45, 7) is 2.37. The van der Waals surface area contributed by atoms with E-state index in [0.29, 0.717) is 11.6 Å². The van der Waals surface area contributed by atoms with Gasteiger partial charge in [-0.05, 0) is 30.7 Å². The first kappa shape index (κ1) is 15.8. The van der Waals surface area contributed by atoms with E-state index in [-0.39, 0.29) is 12.1 Å². The van der Waals surface area contributed by atoms with Gasteiger partial charge in [0.15, 0.2) is 0 Å². The number of rotatable bonds is 6. The fourth-order valence-electron chi connectivity index (χ4n) is 2.24. The number of benzene rings is 2. The van der Waals surface area contributed by atoms with Gasteiger partial charge in [-0.1, -0.05) is 41.9 Å². The SMILES string of the molecule is COc1ccccc1C(OCc1cccc(Cl)c1)C(C)N. The fourth-order valence-corrected chi connectivity index (χ4v) is 2.45. The van der Waals surface area contributed by atoms with Crippen molar-refractivity contribution in [1.82, 2.24) is 0 Å². The summed E-state index contributed by atoms with van der Waals surface area (Å²) >= 11 is 5.99. The molecular formula is C17H20ClNO2. The predicted molar refractivity (Wildman–Crippen MR) is 85.6 cm³/mol. The standard InChI is InChI=1S/C17H20ClNO2/c1-12(19)17(15-8-3-4-9-16(15)20-2)21-11-13-6-5-7-14(18)10-13/h3-10,12,17H,11,19H2,1-2H3. The highest BCUT2D eigenvalue weighted by atomic mass is 35.5. The summed E-state index contributed by atoms with van der Waals surface area (Å²) in [7, 11) is 1.65. The zero-order valence-electron chi connectivity index (χ0n) is 12.3. The van der Waals surface area contributed by atoms with Crippen molar-refractivity contribution in [1.29, 1.82) is 0 Å². The van der Waals surface area contributed by atoms with Crippen molar-refractivity contribution in [3.05, 3.63) is 64.7 Å². The van der Waals surface area contributed by atoms with E-state index in [0.717, 1.165) is 16.9 Å². The minimum absolute atomic E-state index is 0.152. The first-order chi connectivity index (χ1) is 10.1. The monoisotopic (exact) mass is 305 g/mol. The van der Waals surface area contributed by atoms with Gasteiger partial charge in [0.25, 0.3) is 0 Å². The lowest BCUT2D eigenvalue weighted by Crippen LogP contribution is -2.27. The number of nitrogens with two attached hydrogens (primary N) is 1. The van der Waals surface area contributed by atoms with Crippen LogP contribution >= 0.6 is 11.6 Å². The van der Waals surface area contributed by atoms with E-state index >= 15 is 0 Å². The van der Waals surface area contributed by atoms with Crippen molar-refractivity contribution in [3.63, 3.8) is 0 Å². The van der Waals surface area contributed by atoms with Crippen molar-refractivity contribution >= 4 is 11.6 Å². The first-order valence-electron chi connectivity index (χ1n) is 6.86. The molecule has 0 fully saturated rings. The zero-order valence-corrected chi connectivity index (χ0v) is 13.0. The molecule has 0 aromatic heterocycles. The van der Waals surface area contributed by atoms with Crippen LogP contribution in [0, 0.1) is 0 Å². The third kappa shape index (κ3) is 4.21. The van der Waals surface area contributed by atoms with Crippen LogP contribution in [0.15, 0.2) is 48.5 Å². The Morgan fingerprint density at radius 2 is 1.90 bits per heavy atom. The molecule has 0 radical (unpaired) electrons. The van der Waals surface area contributed by atoms with Gasteiger partial charge in [-0.15, -0.1) is 0 Å². The van der Waals surface area contributed by atoms with Gasteiger partial charge in [-0.3, -0.25) is 0 Å². The summed E-state index contributed by atoms with van der Waals surface area (Å²) < 4.78 is 11.4. The number of methoxy groups -OCH3 is 1. The molecule has 0 aliphatic carbocycles. The van der Waals surface area contributed by atoms with Crippen molar-refractivity contribution in [3.8, 4) is 5.75 Å². The molecule has 0 saturated carbocycles. The predicted octanol–water partition coefficient (Wildman–Crippen LogP) is 3.95. The molecule has 4 heteroatoms. The molecule has 0 saturated heterocycles. The van der Waals surface area contributed by atoms with Crippen LogP contribution in [0.4, 0.5) is 0 Å². The summed E-state index contributed by atoms with van der Waals surface area (Å²) in [6.07, 6.45) is -0.236. The third-order valence-electron chi connectivity index (χ3n) is 3.24. The van der Waals surface area contributed by atoms with Crippen LogP contribution in [-0.2, 0) is 11.3 Å². The second-order valence-electron chi connectivity index (χ2n) is 4.96. The quantitative estimate of drug-likeness (QED) is 0.878. The fraction of sp³-hybridized carbons (Fsp3) is 0.294. The van der Waals surface area contributed by atoms with Gasteiger partial charge in [-0.25, -0.2) is 0 Å². The lowest BCUT2D eigenvalue weighted by Gasteiger charge is -2.23. The van der Waals surface area contributed by atoms with Crippen molar-refractivity contribution in [2.24, 2.45) is 5.73 Å². The van der Waals surface area contributed by atoms with Crippen LogP contribution in [0.3, 0.4) is 0 Å². The van der Waals surface area contributed by atoms with Crippen LogP contribution < -0.4 is 10.5 Å². The molecule has 0 aliphatic rings. The van der Waals surface area contributed by atoms with Crippen molar-refractivity contribution < 1.29 is 9.47 Å². The Bertz CT molecular complexity index is 587. The highest BCUT2D eigenvalue weighted by molar-refractivity contribution is 6.30. The molecule has 0 aliphatic heterocycles. The largest absolute Gasteiger partial charge is 0.496 e. The second kappa shape index (κ2) is 7.46. The van der Waals surface area contributed by atoms with Gasteiger partial charge in [0.2, 0.25) is 0 Å². The van der Waals surface area contributed by atoms with Gasteiger partial charge in [-0.2, -0.15) is 0 Å². The minimum atomic E-state index is -0.236. The number of para-hydroxylation sites is 1. The molecule has 21 heavy (non-hydrogen) atoms. The number of ether oxygens (including phenoxy) is 2. The molecule has 0 spiro atoms. The maximum Gasteiger partial charge on any atom is 0.124 e. The summed E-state index contributed by atoms with van der Waals surface area (Å²) in [4.78, 5) is 0. The summed E-state index contributed by atoms with van der Waals surface area (Å²) in [6, 6.07) is 15.2. The summed E-state index contributed by atoms with van der Waals surface area (Å²) in [5, 5.41) is 0.700. The topological polar surface area (TPSA) is 44.5 Å².